The summed E-state index contributed by atoms with van der Waals surface area (Å²) in [4.78, 5) is 18.8. The Morgan fingerprint density at radius 1 is 1.47 bits per heavy atom. The number of aromatic nitrogens is 3. The van der Waals surface area contributed by atoms with Crippen LogP contribution < -0.4 is 4.74 Å². The van der Waals surface area contributed by atoms with Crippen LogP contribution in [0.25, 0.3) is 0 Å². The lowest BCUT2D eigenvalue weighted by atomic mass is 10.3. The SMILES string of the molecule is O=C(O)c1cncc(OCc2nc(C3CC3)no2)c1. The van der Waals surface area contributed by atoms with Crippen molar-refractivity contribution in [2.24, 2.45) is 0 Å². The van der Waals surface area contributed by atoms with Gasteiger partial charge in [-0.3, -0.25) is 4.98 Å². The molecule has 0 bridgehead atoms. The van der Waals surface area contributed by atoms with Crippen LogP contribution in [0.15, 0.2) is 23.0 Å². The number of pyridine rings is 1. The second-order valence-electron chi connectivity index (χ2n) is 4.32. The number of rotatable bonds is 5. The number of carbonyl (C=O) groups is 1. The predicted molar refractivity (Wildman–Crippen MR) is 61.8 cm³/mol. The van der Waals surface area contributed by atoms with E-state index in [-0.39, 0.29) is 12.2 Å². The molecular formula is C12H11N3O4. The minimum Gasteiger partial charge on any atom is -0.482 e. The minimum atomic E-state index is -1.05. The van der Waals surface area contributed by atoms with Crippen LogP contribution in [0.4, 0.5) is 0 Å². The predicted octanol–water partition coefficient (Wildman–Crippen LogP) is 1.62. The van der Waals surface area contributed by atoms with Crippen molar-refractivity contribution < 1.29 is 19.2 Å². The van der Waals surface area contributed by atoms with E-state index < -0.39 is 5.97 Å². The Morgan fingerprint density at radius 2 is 2.32 bits per heavy atom. The zero-order chi connectivity index (χ0) is 13.2. The quantitative estimate of drug-likeness (QED) is 0.872. The molecule has 1 aliphatic carbocycles. The summed E-state index contributed by atoms with van der Waals surface area (Å²) < 4.78 is 10.4. The van der Waals surface area contributed by atoms with Crippen molar-refractivity contribution >= 4 is 5.97 Å². The standard InChI is InChI=1S/C12H11N3O4/c16-12(17)8-3-9(5-13-4-8)18-6-10-14-11(15-19-10)7-1-2-7/h3-5,7H,1-2,6H2,(H,16,17). The second kappa shape index (κ2) is 4.68. The van der Waals surface area contributed by atoms with E-state index in [1.54, 1.807) is 0 Å². The van der Waals surface area contributed by atoms with E-state index in [9.17, 15) is 4.79 Å². The molecule has 2 aromatic heterocycles. The minimum absolute atomic E-state index is 0.0710. The maximum Gasteiger partial charge on any atom is 0.337 e. The molecule has 0 amide bonds. The van der Waals surface area contributed by atoms with E-state index in [1.165, 1.54) is 18.5 Å². The van der Waals surface area contributed by atoms with Crippen molar-refractivity contribution in [3.63, 3.8) is 0 Å². The molecule has 0 aliphatic heterocycles. The molecule has 2 aromatic rings. The third-order valence-corrected chi connectivity index (χ3v) is 2.75. The zero-order valence-electron chi connectivity index (χ0n) is 9.94. The summed E-state index contributed by atoms with van der Waals surface area (Å²) in [6.45, 7) is 0.102. The van der Waals surface area contributed by atoms with E-state index in [0.717, 1.165) is 18.7 Å². The van der Waals surface area contributed by atoms with E-state index in [0.29, 0.717) is 17.6 Å². The molecule has 0 aromatic carbocycles. The number of carboxylic acids is 1. The highest BCUT2D eigenvalue weighted by Crippen LogP contribution is 2.38. The Hall–Kier alpha value is -2.44. The number of hydrogen-bond acceptors (Lipinski definition) is 6. The Labute approximate surface area is 108 Å². The van der Waals surface area contributed by atoms with Crippen molar-refractivity contribution in [3.8, 4) is 5.75 Å². The maximum absolute atomic E-state index is 10.8. The van der Waals surface area contributed by atoms with Gasteiger partial charge in [0.2, 0.25) is 0 Å². The molecule has 0 unspecified atom stereocenters. The Balaban J connectivity index is 1.64. The fourth-order valence-corrected chi connectivity index (χ4v) is 1.59. The fraction of sp³-hybridized carbons (Fsp3) is 0.333. The van der Waals surface area contributed by atoms with E-state index >= 15 is 0 Å². The molecular weight excluding hydrogens is 250 g/mol. The van der Waals surface area contributed by atoms with Crippen molar-refractivity contribution in [1.29, 1.82) is 0 Å². The van der Waals surface area contributed by atoms with Crippen LogP contribution in [-0.4, -0.2) is 26.2 Å². The summed E-state index contributed by atoms with van der Waals surface area (Å²) in [5, 5.41) is 12.7. The van der Waals surface area contributed by atoms with E-state index in [1.807, 2.05) is 0 Å². The largest absolute Gasteiger partial charge is 0.482 e. The van der Waals surface area contributed by atoms with Crippen molar-refractivity contribution in [2.45, 2.75) is 25.4 Å². The Morgan fingerprint density at radius 3 is 3.05 bits per heavy atom. The lowest BCUT2D eigenvalue weighted by Crippen LogP contribution is -2.00. The van der Waals surface area contributed by atoms with Gasteiger partial charge in [-0.1, -0.05) is 5.16 Å². The topological polar surface area (TPSA) is 98.3 Å². The van der Waals surface area contributed by atoms with Crippen LogP contribution in [0.5, 0.6) is 5.75 Å². The van der Waals surface area contributed by atoms with Gasteiger partial charge in [0, 0.05) is 12.1 Å². The smallest absolute Gasteiger partial charge is 0.337 e. The molecule has 3 rings (SSSR count). The lowest BCUT2D eigenvalue weighted by Gasteiger charge is -2.02. The Kier molecular flexibility index (Phi) is 2.86. The number of nitrogens with zero attached hydrogens (tertiary/aromatic N) is 3. The first-order valence-electron chi connectivity index (χ1n) is 5.86. The van der Waals surface area contributed by atoms with Gasteiger partial charge < -0.3 is 14.4 Å². The van der Waals surface area contributed by atoms with Gasteiger partial charge >= 0.3 is 5.97 Å². The van der Waals surface area contributed by atoms with Gasteiger partial charge in [-0.2, -0.15) is 4.98 Å². The van der Waals surface area contributed by atoms with Crippen LogP contribution in [0, 0.1) is 0 Å². The van der Waals surface area contributed by atoms with Gasteiger partial charge in [-0.25, -0.2) is 4.79 Å². The molecule has 0 radical (unpaired) electrons. The monoisotopic (exact) mass is 261 g/mol. The third-order valence-electron chi connectivity index (χ3n) is 2.75. The average Bonchev–Trinajstić information content (AvgIpc) is 3.16. The summed E-state index contributed by atoms with van der Waals surface area (Å²) in [6.07, 6.45) is 4.90. The molecule has 0 atom stereocenters. The molecule has 1 saturated carbocycles. The molecule has 1 aliphatic rings. The summed E-state index contributed by atoms with van der Waals surface area (Å²) in [7, 11) is 0. The normalized spacial score (nSPS) is 14.3. The van der Waals surface area contributed by atoms with Gasteiger partial charge in [0.15, 0.2) is 12.4 Å². The van der Waals surface area contributed by atoms with Crippen molar-refractivity contribution in [2.75, 3.05) is 0 Å². The van der Waals surface area contributed by atoms with Crippen molar-refractivity contribution in [1.82, 2.24) is 15.1 Å². The third kappa shape index (κ3) is 2.70. The Bertz CT molecular complexity index is 607. The molecule has 1 N–H and O–H groups in total. The van der Waals surface area contributed by atoms with Crippen LogP contribution in [0.2, 0.25) is 0 Å². The highest BCUT2D eigenvalue weighted by Gasteiger charge is 2.28. The van der Waals surface area contributed by atoms with Crippen LogP contribution in [0.3, 0.4) is 0 Å². The first kappa shape index (κ1) is 11.6. The highest BCUT2D eigenvalue weighted by atomic mass is 16.5. The second-order valence-corrected chi connectivity index (χ2v) is 4.32. The fourth-order valence-electron chi connectivity index (χ4n) is 1.59. The number of carboxylic acid groups (broad SMARTS) is 1. The summed E-state index contributed by atoms with van der Waals surface area (Å²) in [5.41, 5.74) is 0.0710. The first-order valence-corrected chi connectivity index (χ1v) is 5.86. The molecule has 7 nitrogen and oxygen atoms in total. The maximum atomic E-state index is 10.8. The highest BCUT2D eigenvalue weighted by molar-refractivity contribution is 5.87. The average molecular weight is 261 g/mol. The summed E-state index contributed by atoms with van der Waals surface area (Å²) >= 11 is 0. The van der Waals surface area contributed by atoms with Crippen LogP contribution in [0.1, 0.15) is 40.8 Å². The molecule has 0 spiro atoms. The van der Waals surface area contributed by atoms with Gasteiger partial charge in [0.25, 0.3) is 5.89 Å². The van der Waals surface area contributed by atoms with Crippen LogP contribution in [-0.2, 0) is 6.61 Å². The van der Waals surface area contributed by atoms with Gasteiger partial charge in [-0.15, -0.1) is 0 Å². The molecule has 2 heterocycles. The van der Waals surface area contributed by atoms with Gasteiger partial charge in [0.05, 0.1) is 11.8 Å². The molecule has 19 heavy (non-hydrogen) atoms. The zero-order valence-corrected chi connectivity index (χ0v) is 9.94. The molecule has 0 saturated heterocycles. The molecule has 98 valence electrons. The number of aromatic carboxylic acids is 1. The van der Waals surface area contributed by atoms with Crippen LogP contribution >= 0.6 is 0 Å². The number of hydrogen-bond donors (Lipinski definition) is 1. The van der Waals surface area contributed by atoms with Gasteiger partial charge in [0.1, 0.15) is 5.75 Å². The lowest BCUT2D eigenvalue weighted by molar-refractivity contribution is 0.0696. The number of ether oxygens (including phenoxy) is 1. The van der Waals surface area contributed by atoms with E-state index in [2.05, 4.69) is 15.1 Å². The van der Waals surface area contributed by atoms with Gasteiger partial charge in [-0.05, 0) is 18.9 Å². The summed E-state index contributed by atoms with van der Waals surface area (Å²) in [6, 6.07) is 1.40. The van der Waals surface area contributed by atoms with E-state index in [4.69, 9.17) is 14.4 Å². The molecule has 7 heteroatoms. The summed E-state index contributed by atoms with van der Waals surface area (Å²) in [5.74, 6) is 0.825. The van der Waals surface area contributed by atoms with Crippen molar-refractivity contribution in [3.05, 3.63) is 35.7 Å². The first-order chi connectivity index (χ1) is 9.22. The molecule has 1 fully saturated rings.